The Morgan fingerprint density at radius 3 is 2.94 bits per heavy atom. The van der Waals surface area contributed by atoms with Crippen molar-refractivity contribution in [3.63, 3.8) is 0 Å². The Bertz CT molecular complexity index is 537. The summed E-state index contributed by atoms with van der Waals surface area (Å²) in [5, 5.41) is 12.6. The molecule has 2 aromatic heterocycles. The van der Waals surface area contributed by atoms with Crippen molar-refractivity contribution in [1.82, 2.24) is 14.5 Å². The van der Waals surface area contributed by atoms with Crippen LogP contribution >= 0.6 is 11.3 Å². The Kier molecular flexibility index (Phi) is 3.10. The molecule has 0 aliphatic carbocycles. The number of aromatic nitrogens is 3. The molecule has 0 atom stereocenters. The fourth-order valence-corrected chi connectivity index (χ4v) is 2.40. The average molecular weight is 251 g/mol. The summed E-state index contributed by atoms with van der Waals surface area (Å²) in [6, 6.07) is 0. The molecule has 2 heterocycles. The second kappa shape index (κ2) is 4.54. The largest absolute Gasteiger partial charge is 0.409 e. The van der Waals surface area contributed by atoms with Crippen LogP contribution in [0, 0.1) is 13.8 Å². The van der Waals surface area contributed by atoms with Crippen LogP contribution in [0.15, 0.2) is 17.5 Å². The van der Waals surface area contributed by atoms with Crippen molar-refractivity contribution < 1.29 is 5.21 Å². The summed E-state index contributed by atoms with van der Waals surface area (Å²) in [6.45, 7) is 4.59. The van der Waals surface area contributed by atoms with Gasteiger partial charge in [0.1, 0.15) is 5.01 Å². The number of nitrogens with two attached hydrogens (primary N) is 1. The zero-order valence-electron chi connectivity index (χ0n) is 9.58. The van der Waals surface area contributed by atoms with Crippen LogP contribution in [0.25, 0.3) is 0 Å². The van der Waals surface area contributed by atoms with Gasteiger partial charge in [0, 0.05) is 17.3 Å². The minimum atomic E-state index is 0.000000000000000444. The molecule has 2 aromatic rings. The molecule has 0 bridgehead atoms. The first-order chi connectivity index (χ1) is 8.11. The summed E-state index contributed by atoms with van der Waals surface area (Å²) in [5.74, 6) is 0.443. The maximum Gasteiger partial charge on any atom is 0.206 e. The quantitative estimate of drug-likeness (QED) is 0.370. The second-order valence-corrected chi connectivity index (χ2v) is 4.90. The Morgan fingerprint density at radius 2 is 2.35 bits per heavy atom. The SMILES string of the molecule is Cc1nc(Cn2ccnc2C(N)=NO)sc1C. The van der Waals surface area contributed by atoms with E-state index in [1.807, 2.05) is 13.8 Å². The number of aryl methyl sites for hydroxylation is 2. The van der Waals surface area contributed by atoms with Crippen LogP contribution in [0.4, 0.5) is 0 Å². The number of hydrogen-bond donors (Lipinski definition) is 2. The molecule has 0 aliphatic heterocycles. The van der Waals surface area contributed by atoms with Crippen LogP contribution in [-0.2, 0) is 6.54 Å². The number of oxime groups is 1. The van der Waals surface area contributed by atoms with E-state index < -0.39 is 0 Å². The third-order valence-corrected chi connectivity index (χ3v) is 3.49. The summed E-state index contributed by atoms with van der Waals surface area (Å²) in [5.41, 5.74) is 6.57. The van der Waals surface area contributed by atoms with E-state index >= 15 is 0 Å². The molecule has 90 valence electrons. The summed E-state index contributed by atoms with van der Waals surface area (Å²) >= 11 is 1.64. The van der Waals surface area contributed by atoms with E-state index in [9.17, 15) is 0 Å². The second-order valence-electron chi connectivity index (χ2n) is 3.61. The van der Waals surface area contributed by atoms with Crippen LogP contribution in [0.2, 0.25) is 0 Å². The zero-order valence-corrected chi connectivity index (χ0v) is 10.4. The average Bonchev–Trinajstić information content (AvgIpc) is 2.86. The van der Waals surface area contributed by atoms with Crippen molar-refractivity contribution in [2.75, 3.05) is 0 Å². The van der Waals surface area contributed by atoms with Gasteiger partial charge in [-0.1, -0.05) is 5.16 Å². The van der Waals surface area contributed by atoms with Crippen molar-refractivity contribution >= 4 is 17.2 Å². The van der Waals surface area contributed by atoms with E-state index in [0.29, 0.717) is 12.4 Å². The zero-order chi connectivity index (χ0) is 12.4. The van der Waals surface area contributed by atoms with Gasteiger partial charge in [-0.2, -0.15) is 0 Å². The smallest absolute Gasteiger partial charge is 0.206 e. The Balaban J connectivity index is 2.27. The maximum absolute atomic E-state index is 8.64. The van der Waals surface area contributed by atoms with E-state index in [-0.39, 0.29) is 5.84 Å². The number of hydrogen-bond acceptors (Lipinski definition) is 5. The number of nitrogens with zero attached hydrogens (tertiary/aromatic N) is 4. The van der Waals surface area contributed by atoms with Crippen molar-refractivity contribution in [1.29, 1.82) is 0 Å². The molecule has 0 saturated heterocycles. The molecule has 7 heteroatoms. The standard InChI is InChI=1S/C10H13N5OS/c1-6-7(2)17-8(13-6)5-15-4-3-12-10(15)9(11)14-16/h3-4,16H,5H2,1-2H3,(H2,11,14). The minimum absolute atomic E-state index is 0.000000000000000444. The predicted molar refractivity (Wildman–Crippen MR) is 65.4 cm³/mol. The van der Waals surface area contributed by atoms with Gasteiger partial charge in [-0.25, -0.2) is 9.97 Å². The molecule has 3 N–H and O–H groups in total. The molecule has 0 fully saturated rings. The molecular weight excluding hydrogens is 238 g/mol. The van der Waals surface area contributed by atoms with Crippen LogP contribution in [0.5, 0.6) is 0 Å². The van der Waals surface area contributed by atoms with E-state index in [0.717, 1.165) is 10.7 Å². The predicted octanol–water partition coefficient (Wildman–Crippen LogP) is 1.10. The summed E-state index contributed by atoms with van der Waals surface area (Å²) < 4.78 is 1.80. The third-order valence-electron chi connectivity index (χ3n) is 2.43. The first-order valence-electron chi connectivity index (χ1n) is 5.03. The third kappa shape index (κ3) is 2.28. The van der Waals surface area contributed by atoms with Gasteiger partial charge in [0.25, 0.3) is 0 Å². The Labute approximate surface area is 102 Å². The van der Waals surface area contributed by atoms with Gasteiger partial charge in [0.2, 0.25) is 5.84 Å². The van der Waals surface area contributed by atoms with Gasteiger partial charge >= 0.3 is 0 Å². The summed E-state index contributed by atoms with van der Waals surface area (Å²) in [7, 11) is 0. The van der Waals surface area contributed by atoms with Gasteiger partial charge in [-0.05, 0) is 13.8 Å². The lowest BCUT2D eigenvalue weighted by Gasteiger charge is -2.03. The summed E-state index contributed by atoms with van der Waals surface area (Å²) in [4.78, 5) is 9.67. The fourth-order valence-electron chi connectivity index (χ4n) is 1.47. The van der Waals surface area contributed by atoms with Crippen molar-refractivity contribution in [3.8, 4) is 0 Å². The molecule has 0 unspecified atom stereocenters. The molecule has 6 nitrogen and oxygen atoms in total. The van der Waals surface area contributed by atoms with Gasteiger partial charge in [0.15, 0.2) is 5.82 Å². The first kappa shape index (κ1) is 11.6. The van der Waals surface area contributed by atoms with Gasteiger partial charge in [-0.15, -0.1) is 11.3 Å². The number of rotatable bonds is 3. The topological polar surface area (TPSA) is 89.3 Å². The highest BCUT2D eigenvalue weighted by Gasteiger charge is 2.10. The maximum atomic E-state index is 8.64. The van der Waals surface area contributed by atoms with Crippen molar-refractivity contribution in [2.24, 2.45) is 10.9 Å². The molecule has 0 aromatic carbocycles. The highest BCUT2D eigenvalue weighted by Crippen LogP contribution is 2.17. The molecule has 0 saturated carbocycles. The molecule has 2 rings (SSSR count). The Morgan fingerprint density at radius 1 is 1.59 bits per heavy atom. The normalized spacial score (nSPS) is 12.0. The van der Waals surface area contributed by atoms with Gasteiger partial charge < -0.3 is 15.5 Å². The summed E-state index contributed by atoms with van der Waals surface area (Å²) in [6.07, 6.45) is 3.39. The van der Waals surface area contributed by atoms with Crippen LogP contribution < -0.4 is 5.73 Å². The van der Waals surface area contributed by atoms with Crippen molar-refractivity contribution in [2.45, 2.75) is 20.4 Å². The monoisotopic (exact) mass is 251 g/mol. The van der Waals surface area contributed by atoms with E-state index in [2.05, 4.69) is 15.1 Å². The number of imidazole rings is 1. The van der Waals surface area contributed by atoms with Crippen LogP contribution in [0.1, 0.15) is 21.4 Å². The number of amidine groups is 1. The molecule has 0 radical (unpaired) electrons. The first-order valence-corrected chi connectivity index (χ1v) is 5.85. The fraction of sp³-hybridized carbons (Fsp3) is 0.300. The van der Waals surface area contributed by atoms with E-state index in [1.54, 1.807) is 28.3 Å². The number of thiazole rings is 1. The van der Waals surface area contributed by atoms with Crippen molar-refractivity contribution in [3.05, 3.63) is 33.8 Å². The van der Waals surface area contributed by atoms with E-state index in [1.165, 1.54) is 4.88 Å². The van der Waals surface area contributed by atoms with E-state index in [4.69, 9.17) is 10.9 Å². The Hall–Kier alpha value is -1.89. The molecule has 0 aliphatic rings. The van der Waals surface area contributed by atoms with Crippen LogP contribution in [0.3, 0.4) is 0 Å². The molecule has 0 amide bonds. The lowest BCUT2D eigenvalue weighted by Crippen LogP contribution is -2.19. The van der Waals surface area contributed by atoms with Crippen LogP contribution in [-0.4, -0.2) is 25.6 Å². The lowest BCUT2D eigenvalue weighted by molar-refractivity contribution is 0.318. The molecule has 0 spiro atoms. The minimum Gasteiger partial charge on any atom is -0.409 e. The van der Waals surface area contributed by atoms with Gasteiger partial charge in [-0.3, -0.25) is 0 Å². The molecular formula is C10H13N5OS. The highest BCUT2D eigenvalue weighted by molar-refractivity contribution is 7.11. The molecule has 17 heavy (non-hydrogen) atoms. The van der Waals surface area contributed by atoms with Gasteiger partial charge in [0.05, 0.1) is 12.2 Å². The lowest BCUT2D eigenvalue weighted by atomic mass is 10.4. The highest BCUT2D eigenvalue weighted by atomic mass is 32.1.